The number of piperidine rings is 1. The monoisotopic (exact) mass is 568 g/mol. The van der Waals surface area contributed by atoms with E-state index in [-0.39, 0.29) is 12.2 Å². The van der Waals surface area contributed by atoms with Crippen LogP contribution >= 0.6 is 11.6 Å². The van der Waals surface area contributed by atoms with Crippen LogP contribution in [0.1, 0.15) is 39.2 Å². The van der Waals surface area contributed by atoms with Crippen LogP contribution in [0.5, 0.6) is 5.75 Å². The molecule has 1 heterocycles. The molecule has 0 atom stereocenters. The second-order valence-corrected chi connectivity index (χ2v) is 11.1. The van der Waals surface area contributed by atoms with E-state index in [1.165, 1.54) is 23.1 Å². The molecule has 2 amide bonds. The minimum Gasteiger partial charge on any atom is -0.487 e. The third-order valence-corrected chi connectivity index (χ3v) is 6.73. The van der Waals surface area contributed by atoms with Gasteiger partial charge in [-0.3, -0.25) is 4.90 Å². The SMILES string of the molecule is CN(C(=O)OC1CCN(C(=O)OC(C)(C)C)CC1)c1ccc(F)cc1-c1ccc(OCc2ccccc2)c(Cl)c1. The largest absolute Gasteiger partial charge is 0.487 e. The van der Waals surface area contributed by atoms with Gasteiger partial charge in [-0.05, 0) is 62.2 Å². The van der Waals surface area contributed by atoms with E-state index in [1.54, 1.807) is 30.1 Å². The molecular weight excluding hydrogens is 535 g/mol. The normalized spacial score (nSPS) is 14.0. The average Bonchev–Trinajstić information content (AvgIpc) is 2.92. The highest BCUT2D eigenvalue weighted by atomic mass is 35.5. The van der Waals surface area contributed by atoms with Crippen molar-refractivity contribution in [3.8, 4) is 16.9 Å². The van der Waals surface area contributed by atoms with E-state index in [0.717, 1.165) is 5.56 Å². The molecule has 3 aromatic rings. The zero-order valence-corrected chi connectivity index (χ0v) is 23.9. The summed E-state index contributed by atoms with van der Waals surface area (Å²) in [6.07, 6.45) is -0.310. The summed E-state index contributed by atoms with van der Waals surface area (Å²) in [6, 6.07) is 19.1. The van der Waals surface area contributed by atoms with Crippen LogP contribution in [0, 0.1) is 5.82 Å². The first-order valence-corrected chi connectivity index (χ1v) is 13.6. The number of nitrogens with zero attached hydrogens (tertiary/aromatic N) is 2. The molecule has 0 unspecified atom stereocenters. The average molecular weight is 569 g/mol. The molecular formula is C31H34ClFN2O5. The van der Waals surface area contributed by atoms with Crippen molar-refractivity contribution in [2.75, 3.05) is 25.0 Å². The van der Waals surface area contributed by atoms with E-state index in [2.05, 4.69) is 0 Å². The van der Waals surface area contributed by atoms with Gasteiger partial charge in [0.15, 0.2) is 0 Å². The summed E-state index contributed by atoms with van der Waals surface area (Å²) in [5, 5.41) is 0.366. The van der Waals surface area contributed by atoms with Crippen LogP contribution in [-0.4, -0.2) is 48.9 Å². The number of halogens is 2. The molecule has 0 aromatic heterocycles. The Morgan fingerprint density at radius 2 is 1.73 bits per heavy atom. The summed E-state index contributed by atoms with van der Waals surface area (Å²) < 4.78 is 31.4. The van der Waals surface area contributed by atoms with Gasteiger partial charge >= 0.3 is 12.2 Å². The van der Waals surface area contributed by atoms with E-state index in [0.29, 0.717) is 60.1 Å². The van der Waals surface area contributed by atoms with Gasteiger partial charge in [-0.15, -0.1) is 0 Å². The molecule has 0 radical (unpaired) electrons. The van der Waals surface area contributed by atoms with Gasteiger partial charge in [-0.25, -0.2) is 14.0 Å². The number of anilines is 1. The maximum atomic E-state index is 14.3. The van der Waals surface area contributed by atoms with Crippen molar-refractivity contribution < 1.29 is 28.2 Å². The molecule has 1 aliphatic heterocycles. The van der Waals surface area contributed by atoms with Crippen molar-refractivity contribution in [3.63, 3.8) is 0 Å². The van der Waals surface area contributed by atoms with Gasteiger partial charge in [-0.1, -0.05) is 48.0 Å². The molecule has 1 saturated heterocycles. The zero-order valence-electron chi connectivity index (χ0n) is 23.2. The first kappa shape index (κ1) is 29.2. The second-order valence-electron chi connectivity index (χ2n) is 10.7. The lowest BCUT2D eigenvalue weighted by Crippen LogP contribution is -2.44. The summed E-state index contributed by atoms with van der Waals surface area (Å²) in [6.45, 7) is 6.67. The molecule has 40 heavy (non-hydrogen) atoms. The molecule has 212 valence electrons. The Hall–Kier alpha value is -3.78. The van der Waals surface area contributed by atoms with E-state index >= 15 is 0 Å². The van der Waals surface area contributed by atoms with Gasteiger partial charge in [0.2, 0.25) is 0 Å². The van der Waals surface area contributed by atoms with E-state index in [9.17, 15) is 14.0 Å². The number of amides is 2. The van der Waals surface area contributed by atoms with Crippen LogP contribution in [0.2, 0.25) is 5.02 Å². The minimum absolute atomic E-state index is 0.354. The van der Waals surface area contributed by atoms with Crippen molar-refractivity contribution in [1.29, 1.82) is 0 Å². The third-order valence-electron chi connectivity index (χ3n) is 6.44. The lowest BCUT2D eigenvalue weighted by molar-refractivity contribution is 0.00733. The highest BCUT2D eigenvalue weighted by molar-refractivity contribution is 6.32. The minimum atomic E-state index is -0.574. The quantitative estimate of drug-likeness (QED) is 0.305. The molecule has 7 nitrogen and oxygen atoms in total. The molecule has 1 aliphatic rings. The molecule has 0 aliphatic carbocycles. The maximum absolute atomic E-state index is 14.3. The van der Waals surface area contributed by atoms with Gasteiger partial charge in [-0.2, -0.15) is 0 Å². The van der Waals surface area contributed by atoms with Crippen molar-refractivity contribution in [3.05, 3.63) is 83.1 Å². The zero-order chi connectivity index (χ0) is 28.9. The van der Waals surface area contributed by atoms with Crippen molar-refractivity contribution in [2.24, 2.45) is 0 Å². The Labute approximate surface area is 239 Å². The molecule has 1 fully saturated rings. The number of carbonyl (C=O) groups is 2. The lowest BCUT2D eigenvalue weighted by atomic mass is 10.0. The molecule has 0 N–H and O–H groups in total. The van der Waals surface area contributed by atoms with E-state index in [1.807, 2.05) is 51.1 Å². The number of ether oxygens (including phenoxy) is 3. The number of hydrogen-bond donors (Lipinski definition) is 0. The highest BCUT2D eigenvalue weighted by Gasteiger charge is 2.29. The predicted molar refractivity (Wildman–Crippen MR) is 153 cm³/mol. The van der Waals surface area contributed by atoms with Gasteiger partial charge in [0, 0.05) is 38.5 Å². The number of rotatable bonds is 6. The van der Waals surface area contributed by atoms with Gasteiger partial charge in [0.05, 0.1) is 10.7 Å². The number of carbonyl (C=O) groups excluding carboxylic acids is 2. The smallest absolute Gasteiger partial charge is 0.414 e. The molecule has 0 bridgehead atoms. The number of likely N-dealkylation sites (tertiary alicyclic amines) is 1. The van der Waals surface area contributed by atoms with Crippen molar-refractivity contribution >= 4 is 29.5 Å². The van der Waals surface area contributed by atoms with E-state index in [4.69, 9.17) is 25.8 Å². The van der Waals surface area contributed by atoms with Crippen LogP contribution in [0.15, 0.2) is 66.7 Å². The van der Waals surface area contributed by atoms with Crippen LogP contribution in [0.3, 0.4) is 0 Å². The Morgan fingerprint density at radius 3 is 2.38 bits per heavy atom. The summed E-state index contributed by atoms with van der Waals surface area (Å²) in [4.78, 5) is 28.4. The number of hydrogen-bond acceptors (Lipinski definition) is 5. The third kappa shape index (κ3) is 7.66. The Balaban J connectivity index is 1.42. The first-order chi connectivity index (χ1) is 19.0. The standard InChI is InChI=1S/C31H34ClFN2O5/c1-31(2,3)40-30(37)35-16-14-24(15-17-35)39-29(36)34(4)27-12-11-23(33)19-25(27)22-10-13-28(26(32)18-22)38-20-21-8-6-5-7-9-21/h5-13,18-19,24H,14-17,20H2,1-4H3. The molecule has 0 spiro atoms. The fourth-order valence-electron chi connectivity index (χ4n) is 4.36. The fraction of sp³-hybridized carbons (Fsp3) is 0.355. The Morgan fingerprint density at radius 1 is 1.02 bits per heavy atom. The summed E-state index contributed by atoms with van der Waals surface area (Å²) in [7, 11) is 1.58. The molecule has 9 heteroatoms. The van der Waals surface area contributed by atoms with E-state index < -0.39 is 17.5 Å². The van der Waals surface area contributed by atoms with Crippen molar-refractivity contribution in [1.82, 2.24) is 4.90 Å². The van der Waals surface area contributed by atoms with Crippen LogP contribution < -0.4 is 9.64 Å². The van der Waals surface area contributed by atoms with Crippen LogP contribution in [0.25, 0.3) is 11.1 Å². The first-order valence-electron chi connectivity index (χ1n) is 13.2. The second kappa shape index (κ2) is 12.6. The predicted octanol–water partition coefficient (Wildman–Crippen LogP) is 7.70. The summed E-state index contributed by atoms with van der Waals surface area (Å²) in [5.41, 5.74) is 2.00. The van der Waals surface area contributed by atoms with Gasteiger partial charge < -0.3 is 19.1 Å². The van der Waals surface area contributed by atoms with Crippen LogP contribution in [-0.2, 0) is 16.1 Å². The Bertz CT molecular complexity index is 1340. The summed E-state index contributed by atoms with van der Waals surface area (Å²) >= 11 is 6.52. The van der Waals surface area contributed by atoms with Crippen LogP contribution in [0.4, 0.5) is 19.7 Å². The lowest BCUT2D eigenvalue weighted by Gasteiger charge is -2.33. The number of benzene rings is 3. The fourth-order valence-corrected chi connectivity index (χ4v) is 4.59. The van der Waals surface area contributed by atoms with Gasteiger partial charge in [0.25, 0.3) is 0 Å². The van der Waals surface area contributed by atoms with Gasteiger partial charge in [0.1, 0.15) is 29.9 Å². The maximum Gasteiger partial charge on any atom is 0.414 e. The molecule has 3 aromatic carbocycles. The Kier molecular flexibility index (Phi) is 9.20. The molecule has 0 saturated carbocycles. The molecule has 4 rings (SSSR count). The highest BCUT2D eigenvalue weighted by Crippen LogP contribution is 2.36. The topological polar surface area (TPSA) is 68.3 Å². The summed E-state index contributed by atoms with van der Waals surface area (Å²) in [5.74, 6) is 0.0493. The van der Waals surface area contributed by atoms with Crippen molar-refractivity contribution in [2.45, 2.75) is 51.9 Å².